The third-order valence-electron chi connectivity index (χ3n) is 2.90. The van der Waals surface area contributed by atoms with Crippen LogP contribution in [-0.4, -0.2) is 30.6 Å². The van der Waals surface area contributed by atoms with Crippen LogP contribution in [0, 0.1) is 16.7 Å². The Labute approximate surface area is 101 Å². The van der Waals surface area contributed by atoms with Crippen molar-refractivity contribution in [2.75, 3.05) is 18.6 Å². The monoisotopic (exact) mass is 242 g/mol. The molecule has 1 saturated carbocycles. The van der Waals surface area contributed by atoms with Crippen molar-refractivity contribution in [2.45, 2.75) is 31.7 Å². The van der Waals surface area contributed by atoms with Crippen LogP contribution in [-0.2, 0) is 9.53 Å². The predicted octanol–water partition coefficient (Wildman–Crippen LogP) is 1.30. The number of nitrogens with zero attached hydrogens (tertiary/aromatic N) is 1. The molecule has 0 aliphatic heterocycles. The molecule has 2 N–H and O–H groups in total. The molecule has 1 aliphatic rings. The van der Waals surface area contributed by atoms with Crippen LogP contribution in [0.5, 0.6) is 0 Å². The predicted molar refractivity (Wildman–Crippen MR) is 63.8 cm³/mol. The van der Waals surface area contributed by atoms with Crippen molar-refractivity contribution in [2.24, 2.45) is 11.1 Å². The molecule has 0 amide bonds. The van der Waals surface area contributed by atoms with E-state index in [2.05, 4.69) is 10.8 Å². The van der Waals surface area contributed by atoms with E-state index in [1.54, 1.807) is 11.8 Å². The molecule has 0 spiro atoms. The zero-order valence-electron chi connectivity index (χ0n) is 9.57. The summed E-state index contributed by atoms with van der Waals surface area (Å²) in [5, 5.41) is 8.65. The van der Waals surface area contributed by atoms with E-state index in [0.717, 1.165) is 24.3 Å². The molecule has 0 saturated heterocycles. The van der Waals surface area contributed by atoms with E-state index < -0.39 is 6.04 Å². The van der Waals surface area contributed by atoms with Gasteiger partial charge in [-0.05, 0) is 36.2 Å². The molecule has 1 unspecified atom stereocenters. The fourth-order valence-electron chi connectivity index (χ4n) is 1.48. The average molecular weight is 242 g/mol. The number of ether oxygens (including phenoxy) is 1. The number of rotatable bonds is 7. The number of nitriles is 1. The number of hydrogen-bond acceptors (Lipinski definition) is 5. The van der Waals surface area contributed by atoms with Crippen LogP contribution in [0.3, 0.4) is 0 Å². The Kier molecular flexibility index (Phi) is 5.10. The highest BCUT2D eigenvalue weighted by atomic mass is 32.2. The van der Waals surface area contributed by atoms with Crippen molar-refractivity contribution in [3.8, 4) is 6.07 Å². The maximum atomic E-state index is 11.0. The first-order valence-corrected chi connectivity index (χ1v) is 6.57. The minimum absolute atomic E-state index is 0.273. The maximum Gasteiger partial charge on any atom is 0.322 e. The third-order valence-corrected chi connectivity index (χ3v) is 4.24. The molecule has 90 valence electrons. The smallest absolute Gasteiger partial charge is 0.322 e. The lowest BCUT2D eigenvalue weighted by Crippen LogP contribution is -2.32. The zero-order chi connectivity index (χ0) is 12.0. The van der Waals surface area contributed by atoms with Gasteiger partial charge >= 0.3 is 5.97 Å². The topological polar surface area (TPSA) is 76.1 Å². The molecule has 1 aliphatic carbocycles. The van der Waals surface area contributed by atoms with Crippen molar-refractivity contribution < 1.29 is 9.53 Å². The summed E-state index contributed by atoms with van der Waals surface area (Å²) in [6.45, 7) is 0. The highest BCUT2D eigenvalue weighted by Crippen LogP contribution is 2.50. The fourth-order valence-corrected chi connectivity index (χ4v) is 2.87. The molecule has 0 aromatic carbocycles. The highest BCUT2D eigenvalue weighted by molar-refractivity contribution is 7.99. The molecule has 0 radical (unpaired) electrons. The number of methoxy groups -OCH3 is 1. The molecule has 0 heterocycles. The molecular formula is C11H18N2O2S. The second kappa shape index (κ2) is 6.12. The fraction of sp³-hybridized carbons (Fsp3) is 0.818. The maximum absolute atomic E-state index is 11.0. The van der Waals surface area contributed by atoms with Gasteiger partial charge in [0.2, 0.25) is 0 Å². The Balaban J connectivity index is 2.08. The van der Waals surface area contributed by atoms with Crippen LogP contribution in [0.2, 0.25) is 0 Å². The summed E-state index contributed by atoms with van der Waals surface area (Å²) in [7, 11) is 1.35. The Morgan fingerprint density at radius 2 is 2.38 bits per heavy atom. The number of carbonyl (C=O) groups excluding carboxylic acids is 1. The summed E-state index contributed by atoms with van der Waals surface area (Å²) in [6, 6.07) is 1.72. The second-order valence-corrected chi connectivity index (χ2v) is 5.41. The lowest BCUT2D eigenvalue weighted by Gasteiger charge is -2.11. The van der Waals surface area contributed by atoms with Gasteiger partial charge in [-0.25, -0.2) is 0 Å². The zero-order valence-corrected chi connectivity index (χ0v) is 10.4. The summed E-state index contributed by atoms with van der Waals surface area (Å²) in [4.78, 5) is 11.0. The quantitative estimate of drug-likeness (QED) is 0.538. The summed E-state index contributed by atoms with van der Waals surface area (Å²) >= 11 is 1.78. The molecule has 0 bridgehead atoms. The van der Waals surface area contributed by atoms with E-state index in [-0.39, 0.29) is 11.4 Å². The van der Waals surface area contributed by atoms with Gasteiger partial charge in [-0.15, -0.1) is 0 Å². The van der Waals surface area contributed by atoms with Crippen LogP contribution in [0.1, 0.15) is 25.7 Å². The van der Waals surface area contributed by atoms with Crippen LogP contribution in [0.25, 0.3) is 0 Å². The van der Waals surface area contributed by atoms with E-state index in [0.29, 0.717) is 12.8 Å². The molecule has 0 aromatic rings. The lowest BCUT2D eigenvalue weighted by atomic mass is 10.1. The van der Waals surface area contributed by atoms with Gasteiger partial charge in [-0.3, -0.25) is 4.79 Å². The molecular weight excluding hydrogens is 224 g/mol. The van der Waals surface area contributed by atoms with Crippen molar-refractivity contribution in [1.82, 2.24) is 0 Å². The molecule has 16 heavy (non-hydrogen) atoms. The van der Waals surface area contributed by atoms with Gasteiger partial charge in [-0.2, -0.15) is 17.0 Å². The highest BCUT2D eigenvalue weighted by Gasteiger charge is 2.41. The second-order valence-electron chi connectivity index (χ2n) is 4.31. The molecule has 4 nitrogen and oxygen atoms in total. The molecule has 1 atom stereocenters. The van der Waals surface area contributed by atoms with Crippen molar-refractivity contribution in [3.05, 3.63) is 0 Å². The minimum atomic E-state index is -0.511. The number of thioether (sulfide) groups is 1. The number of nitrogens with two attached hydrogens (primary N) is 1. The first kappa shape index (κ1) is 13.3. The van der Waals surface area contributed by atoms with Gasteiger partial charge in [-0.1, -0.05) is 0 Å². The Morgan fingerprint density at radius 3 is 2.88 bits per heavy atom. The van der Waals surface area contributed by atoms with E-state index in [1.807, 2.05) is 0 Å². The average Bonchev–Trinajstić information content (AvgIpc) is 3.04. The van der Waals surface area contributed by atoms with Gasteiger partial charge < -0.3 is 10.5 Å². The molecule has 1 rings (SSSR count). The molecule has 5 heteroatoms. The Morgan fingerprint density at radius 1 is 1.69 bits per heavy atom. The molecule has 0 aromatic heterocycles. The summed E-state index contributed by atoms with van der Waals surface area (Å²) < 4.78 is 4.54. The van der Waals surface area contributed by atoms with E-state index in [1.165, 1.54) is 7.11 Å². The lowest BCUT2D eigenvalue weighted by molar-refractivity contribution is -0.142. The van der Waals surface area contributed by atoms with Gasteiger partial charge in [0.05, 0.1) is 13.2 Å². The van der Waals surface area contributed by atoms with Gasteiger partial charge in [0, 0.05) is 6.42 Å². The van der Waals surface area contributed by atoms with Crippen LogP contribution >= 0.6 is 11.8 Å². The first-order valence-electron chi connectivity index (χ1n) is 5.42. The summed E-state index contributed by atoms with van der Waals surface area (Å²) in [5.74, 6) is 1.51. The van der Waals surface area contributed by atoms with E-state index in [9.17, 15) is 4.79 Å². The largest absolute Gasteiger partial charge is 0.468 e. The number of hydrogen-bond donors (Lipinski definition) is 1. The normalized spacial score (nSPS) is 18.6. The standard InChI is InChI=1S/C11H18N2O2S/c1-15-10(14)9(13)2-7-16-8-11(3-4-11)5-6-12/h9H,2-5,7-8,13H2,1H3. The molecule has 1 fully saturated rings. The Bertz CT molecular complexity index is 284. The number of esters is 1. The summed E-state index contributed by atoms with van der Waals surface area (Å²) in [5.41, 5.74) is 5.88. The third kappa shape index (κ3) is 4.03. The van der Waals surface area contributed by atoms with Crippen LogP contribution in [0.4, 0.5) is 0 Å². The van der Waals surface area contributed by atoms with Gasteiger partial charge in [0.25, 0.3) is 0 Å². The van der Waals surface area contributed by atoms with Crippen molar-refractivity contribution in [1.29, 1.82) is 5.26 Å². The first-order chi connectivity index (χ1) is 7.63. The summed E-state index contributed by atoms with van der Waals surface area (Å²) in [6.07, 6.45) is 3.62. The number of carbonyl (C=O) groups is 1. The van der Waals surface area contributed by atoms with Crippen molar-refractivity contribution in [3.63, 3.8) is 0 Å². The van der Waals surface area contributed by atoms with Gasteiger partial charge in [0.1, 0.15) is 6.04 Å². The van der Waals surface area contributed by atoms with Crippen molar-refractivity contribution >= 4 is 17.7 Å². The van der Waals surface area contributed by atoms with Crippen LogP contribution in [0.15, 0.2) is 0 Å². The van der Waals surface area contributed by atoms with E-state index in [4.69, 9.17) is 11.0 Å². The van der Waals surface area contributed by atoms with Crippen LogP contribution < -0.4 is 5.73 Å². The van der Waals surface area contributed by atoms with E-state index >= 15 is 0 Å². The SMILES string of the molecule is COC(=O)C(N)CCSCC1(CC#N)CC1. The Hall–Kier alpha value is -0.730. The van der Waals surface area contributed by atoms with Gasteiger partial charge in [0.15, 0.2) is 0 Å². The minimum Gasteiger partial charge on any atom is -0.468 e.